The van der Waals surface area contributed by atoms with Gasteiger partial charge < -0.3 is 9.47 Å². The first-order valence-corrected chi connectivity index (χ1v) is 2.92. The topological polar surface area (TPSA) is 18.5 Å². The average Bonchev–Trinajstić information content (AvgIpc) is 1.84. The summed E-state index contributed by atoms with van der Waals surface area (Å²) in [6, 6.07) is 0. The first-order chi connectivity index (χ1) is 4.12. The molecule has 54 valence electrons. The van der Waals surface area contributed by atoms with Crippen LogP contribution in [0.25, 0.3) is 0 Å². The van der Waals surface area contributed by atoms with E-state index in [2.05, 4.69) is 6.58 Å². The van der Waals surface area contributed by atoms with Gasteiger partial charge in [0.1, 0.15) is 0 Å². The van der Waals surface area contributed by atoms with Crippen LogP contribution in [-0.4, -0.2) is 19.5 Å². The molecule has 0 aromatic heterocycles. The van der Waals surface area contributed by atoms with Crippen LogP contribution in [-0.2, 0) is 9.47 Å². The molecule has 2 heteroatoms. The molecule has 2 nitrogen and oxygen atoms in total. The van der Waals surface area contributed by atoms with Crippen LogP contribution < -0.4 is 0 Å². The fourth-order valence-electron chi connectivity index (χ4n) is 0.319. The summed E-state index contributed by atoms with van der Waals surface area (Å²) in [5, 5.41) is 0. The van der Waals surface area contributed by atoms with E-state index in [1.54, 1.807) is 13.2 Å². The smallest absolute Gasteiger partial charge is 0.162 e. The second-order valence-electron chi connectivity index (χ2n) is 2.20. The van der Waals surface area contributed by atoms with Gasteiger partial charge in [-0.15, -0.1) is 6.58 Å². The maximum Gasteiger partial charge on any atom is 0.162 e. The minimum Gasteiger partial charge on any atom is -0.354 e. The fraction of sp³-hybridized carbons (Fsp3) is 0.714. The van der Waals surface area contributed by atoms with Crippen LogP contribution in [0.2, 0.25) is 0 Å². The lowest BCUT2D eigenvalue weighted by molar-refractivity contribution is -0.189. The molecule has 9 heavy (non-hydrogen) atoms. The van der Waals surface area contributed by atoms with Gasteiger partial charge >= 0.3 is 0 Å². The van der Waals surface area contributed by atoms with Gasteiger partial charge in [-0.25, -0.2) is 0 Å². The van der Waals surface area contributed by atoms with E-state index in [9.17, 15) is 0 Å². The Kier molecular flexibility index (Phi) is 3.50. The monoisotopic (exact) mass is 130 g/mol. The number of methoxy groups -OCH3 is 1. The van der Waals surface area contributed by atoms with Gasteiger partial charge in [0, 0.05) is 7.11 Å². The van der Waals surface area contributed by atoms with Crippen LogP contribution >= 0.6 is 0 Å². The van der Waals surface area contributed by atoms with Gasteiger partial charge in [-0.05, 0) is 13.8 Å². The van der Waals surface area contributed by atoms with E-state index in [1.807, 2.05) is 13.8 Å². The molecule has 0 aromatic carbocycles. The Hall–Kier alpha value is -0.340. The Bertz CT molecular complexity index is 86.9. The van der Waals surface area contributed by atoms with Gasteiger partial charge in [0.15, 0.2) is 5.79 Å². The summed E-state index contributed by atoms with van der Waals surface area (Å²) in [6.45, 7) is 7.76. The van der Waals surface area contributed by atoms with Crippen molar-refractivity contribution in [1.82, 2.24) is 0 Å². The molecular formula is C7H14O2. The van der Waals surface area contributed by atoms with Crippen molar-refractivity contribution in [3.05, 3.63) is 12.7 Å². The molecule has 0 radical (unpaired) electrons. The standard InChI is InChI=1S/C7H14O2/c1-5-6-9-7(2,3)8-4/h5H,1,6H2,2-4H3. The summed E-state index contributed by atoms with van der Waals surface area (Å²) in [7, 11) is 1.61. The summed E-state index contributed by atoms with van der Waals surface area (Å²) in [5.74, 6) is -0.478. The molecule has 0 fully saturated rings. The van der Waals surface area contributed by atoms with Crippen molar-refractivity contribution in [2.75, 3.05) is 13.7 Å². The molecule has 0 amide bonds. The van der Waals surface area contributed by atoms with Crippen molar-refractivity contribution in [2.24, 2.45) is 0 Å². The highest BCUT2D eigenvalue weighted by molar-refractivity contribution is 4.66. The van der Waals surface area contributed by atoms with Gasteiger partial charge in [-0.3, -0.25) is 0 Å². The predicted octanol–water partition coefficient (Wildman–Crippen LogP) is 1.57. The molecule has 0 aliphatic rings. The number of hydrogen-bond acceptors (Lipinski definition) is 2. The van der Waals surface area contributed by atoms with Crippen molar-refractivity contribution < 1.29 is 9.47 Å². The molecular weight excluding hydrogens is 116 g/mol. The van der Waals surface area contributed by atoms with Gasteiger partial charge in [0.05, 0.1) is 6.61 Å². The maximum atomic E-state index is 5.19. The lowest BCUT2D eigenvalue weighted by Gasteiger charge is -2.22. The first kappa shape index (κ1) is 8.66. The minimum absolute atomic E-state index is 0.478. The molecule has 0 bridgehead atoms. The van der Waals surface area contributed by atoms with E-state index in [1.165, 1.54) is 0 Å². The van der Waals surface area contributed by atoms with E-state index in [4.69, 9.17) is 9.47 Å². The SMILES string of the molecule is C=CCOC(C)(C)OC. The highest BCUT2D eigenvalue weighted by Gasteiger charge is 2.14. The molecule has 0 atom stereocenters. The number of rotatable bonds is 4. The molecule has 0 heterocycles. The van der Waals surface area contributed by atoms with Crippen LogP contribution in [0.1, 0.15) is 13.8 Å². The van der Waals surface area contributed by atoms with Crippen molar-refractivity contribution in [3.63, 3.8) is 0 Å². The third-order valence-corrected chi connectivity index (χ3v) is 1.04. The normalized spacial score (nSPS) is 11.4. The van der Waals surface area contributed by atoms with Gasteiger partial charge in [-0.1, -0.05) is 6.08 Å². The molecule has 0 aliphatic heterocycles. The minimum atomic E-state index is -0.478. The maximum absolute atomic E-state index is 5.19. The van der Waals surface area contributed by atoms with Crippen LogP contribution in [0.4, 0.5) is 0 Å². The van der Waals surface area contributed by atoms with E-state index >= 15 is 0 Å². The Morgan fingerprint density at radius 3 is 2.44 bits per heavy atom. The molecule has 0 saturated carbocycles. The van der Waals surface area contributed by atoms with Gasteiger partial charge in [0.25, 0.3) is 0 Å². The molecule has 0 unspecified atom stereocenters. The summed E-state index contributed by atoms with van der Waals surface area (Å²) < 4.78 is 10.2. The molecule has 0 saturated heterocycles. The quantitative estimate of drug-likeness (QED) is 0.425. The summed E-state index contributed by atoms with van der Waals surface area (Å²) in [4.78, 5) is 0. The summed E-state index contributed by atoms with van der Waals surface area (Å²) >= 11 is 0. The predicted molar refractivity (Wildman–Crippen MR) is 37.2 cm³/mol. The van der Waals surface area contributed by atoms with E-state index in [0.29, 0.717) is 6.61 Å². The van der Waals surface area contributed by atoms with Crippen molar-refractivity contribution in [3.8, 4) is 0 Å². The lowest BCUT2D eigenvalue weighted by Crippen LogP contribution is -2.26. The first-order valence-electron chi connectivity index (χ1n) is 2.92. The summed E-state index contributed by atoms with van der Waals surface area (Å²) in [5.41, 5.74) is 0. The summed E-state index contributed by atoms with van der Waals surface area (Å²) in [6.07, 6.45) is 1.70. The second kappa shape index (κ2) is 3.64. The second-order valence-corrected chi connectivity index (χ2v) is 2.20. The lowest BCUT2D eigenvalue weighted by atomic mass is 10.4. The zero-order valence-corrected chi connectivity index (χ0v) is 6.31. The largest absolute Gasteiger partial charge is 0.354 e. The van der Waals surface area contributed by atoms with Crippen LogP contribution in [0.3, 0.4) is 0 Å². The van der Waals surface area contributed by atoms with Crippen LogP contribution in [0, 0.1) is 0 Å². The molecule has 0 aromatic rings. The Morgan fingerprint density at radius 1 is 1.56 bits per heavy atom. The fourth-order valence-corrected chi connectivity index (χ4v) is 0.319. The van der Waals surface area contributed by atoms with E-state index in [0.717, 1.165) is 0 Å². The Balaban J connectivity index is 3.44. The number of hydrogen-bond donors (Lipinski definition) is 0. The zero-order valence-electron chi connectivity index (χ0n) is 6.31. The number of ether oxygens (including phenoxy) is 2. The molecule has 0 spiro atoms. The highest BCUT2D eigenvalue weighted by atomic mass is 16.7. The van der Waals surface area contributed by atoms with Crippen LogP contribution in [0.15, 0.2) is 12.7 Å². The average molecular weight is 130 g/mol. The van der Waals surface area contributed by atoms with E-state index < -0.39 is 5.79 Å². The van der Waals surface area contributed by atoms with Gasteiger partial charge in [0.2, 0.25) is 0 Å². The van der Waals surface area contributed by atoms with Crippen molar-refractivity contribution >= 4 is 0 Å². The Morgan fingerprint density at radius 2 is 2.11 bits per heavy atom. The van der Waals surface area contributed by atoms with Crippen molar-refractivity contribution in [2.45, 2.75) is 19.6 Å². The third-order valence-electron chi connectivity index (χ3n) is 1.04. The van der Waals surface area contributed by atoms with Gasteiger partial charge in [-0.2, -0.15) is 0 Å². The zero-order chi connectivity index (χ0) is 7.33. The third kappa shape index (κ3) is 4.18. The Labute approximate surface area is 56.5 Å². The highest BCUT2D eigenvalue weighted by Crippen LogP contribution is 2.07. The molecule has 0 aliphatic carbocycles. The van der Waals surface area contributed by atoms with E-state index in [-0.39, 0.29) is 0 Å². The van der Waals surface area contributed by atoms with Crippen molar-refractivity contribution in [1.29, 1.82) is 0 Å². The molecule has 0 rings (SSSR count). The van der Waals surface area contributed by atoms with Crippen LogP contribution in [0.5, 0.6) is 0 Å². The molecule has 0 N–H and O–H groups in total.